The van der Waals surface area contributed by atoms with Crippen LogP contribution < -0.4 is 13.7 Å². The third kappa shape index (κ3) is 3.12. The molecule has 0 radical (unpaired) electrons. The van der Waals surface area contributed by atoms with Gasteiger partial charge in [0.05, 0.1) is 7.11 Å². The molecular formula is C17H18O5S. The monoisotopic (exact) mass is 334 g/mol. The van der Waals surface area contributed by atoms with Gasteiger partial charge in [0.2, 0.25) is 0 Å². The Morgan fingerprint density at radius 2 is 1.78 bits per heavy atom. The molecule has 0 aromatic heterocycles. The van der Waals surface area contributed by atoms with E-state index in [4.69, 9.17) is 13.7 Å². The van der Waals surface area contributed by atoms with Crippen molar-refractivity contribution in [1.29, 1.82) is 0 Å². The predicted octanol–water partition coefficient (Wildman–Crippen LogP) is 3.18. The summed E-state index contributed by atoms with van der Waals surface area (Å²) >= 11 is 0. The molecule has 0 fully saturated rings. The number of fused-ring (bicyclic) bond motifs is 1. The molecule has 2 aromatic carbocycles. The lowest BCUT2D eigenvalue weighted by atomic mass is 10.0. The number of benzene rings is 2. The highest BCUT2D eigenvalue weighted by Crippen LogP contribution is 2.42. The summed E-state index contributed by atoms with van der Waals surface area (Å²) in [6.45, 7) is 3.91. The summed E-state index contributed by atoms with van der Waals surface area (Å²) in [6.07, 6.45) is 0.710. The molecule has 23 heavy (non-hydrogen) atoms. The van der Waals surface area contributed by atoms with Gasteiger partial charge in [-0.05, 0) is 44.2 Å². The van der Waals surface area contributed by atoms with E-state index in [0.717, 1.165) is 5.56 Å². The van der Waals surface area contributed by atoms with Crippen molar-refractivity contribution in [2.45, 2.75) is 30.8 Å². The Balaban J connectivity index is 1.92. The molecule has 0 saturated carbocycles. The number of ether oxygens (including phenoxy) is 2. The van der Waals surface area contributed by atoms with E-state index in [-0.39, 0.29) is 16.2 Å². The van der Waals surface area contributed by atoms with Crippen molar-refractivity contribution in [3.05, 3.63) is 48.0 Å². The van der Waals surface area contributed by atoms with Crippen molar-refractivity contribution in [1.82, 2.24) is 0 Å². The van der Waals surface area contributed by atoms with E-state index in [1.54, 1.807) is 24.3 Å². The smallest absolute Gasteiger partial charge is 0.339 e. The molecule has 0 atom stereocenters. The highest BCUT2D eigenvalue weighted by molar-refractivity contribution is 7.87. The fourth-order valence-electron chi connectivity index (χ4n) is 2.56. The maximum absolute atomic E-state index is 12.4. The molecule has 1 heterocycles. The van der Waals surface area contributed by atoms with E-state index in [1.165, 1.54) is 19.2 Å². The van der Waals surface area contributed by atoms with Gasteiger partial charge in [0.15, 0.2) is 11.5 Å². The van der Waals surface area contributed by atoms with Crippen LogP contribution in [-0.2, 0) is 16.5 Å². The fourth-order valence-corrected chi connectivity index (χ4v) is 3.49. The summed E-state index contributed by atoms with van der Waals surface area (Å²) in [5.74, 6) is 1.29. The van der Waals surface area contributed by atoms with Gasteiger partial charge >= 0.3 is 10.1 Å². The Morgan fingerprint density at radius 1 is 1.09 bits per heavy atom. The molecule has 0 saturated heterocycles. The molecule has 0 N–H and O–H groups in total. The highest BCUT2D eigenvalue weighted by Gasteiger charge is 2.33. The summed E-state index contributed by atoms with van der Waals surface area (Å²) in [4.78, 5) is 0.0631. The largest absolute Gasteiger partial charge is 0.497 e. The molecule has 0 amide bonds. The van der Waals surface area contributed by atoms with Crippen LogP contribution in [0, 0.1) is 0 Å². The van der Waals surface area contributed by atoms with Crippen LogP contribution in [0.1, 0.15) is 19.4 Å². The lowest BCUT2D eigenvalue weighted by Gasteiger charge is -2.18. The first kappa shape index (κ1) is 15.7. The molecule has 2 aromatic rings. The van der Waals surface area contributed by atoms with Crippen molar-refractivity contribution < 1.29 is 22.1 Å². The fraction of sp³-hybridized carbons (Fsp3) is 0.294. The van der Waals surface area contributed by atoms with Crippen molar-refractivity contribution in [3.8, 4) is 17.2 Å². The summed E-state index contributed by atoms with van der Waals surface area (Å²) in [6, 6.07) is 11.3. The normalized spacial score (nSPS) is 15.6. The minimum atomic E-state index is -3.93. The average molecular weight is 334 g/mol. The maximum Gasteiger partial charge on any atom is 0.339 e. The maximum atomic E-state index is 12.4. The first-order valence-corrected chi connectivity index (χ1v) is 8.61. The molecular weight excluding hydrogens is 316 g/mol. The third-order valence-corrected chi connectivity index (χ3v) is 4.85. The standard InChI is InChI=1S/C17H18O5S/c1-17(2)11-12-5-4-6-15(16(12)21-17)22-23(18,19)14-9-7-13(20-3)8-10-14/h4-10H,11H2,1-3H3. The topological polar surface area (TPSA) is 61.8 Å². The van der Waals surface area contributed by atoms with E-state index in [9.17, 15) is 8.42 Å². The van der Waals surface area contributed by atoms with Crippen LogP contribution in [0.25, 0.3) is 0 Å². The van der Waals surface area contributed by atoms with Crippen LogP contribution in [0.2, 0.25) is 0 Å². The highest BCUT2D eigenvalue weighted by atomic mass is 32.2. The van der Waals surface area contributed by atoms with Gasteiger partial charge in [0.25, 0.3) is 0 Å². The zero-order valence-electron chi connectivity index (χ0n) is 13.2. The van der Waals surface area contributed by atoms with Crippen LogP contribution in [0.4, 0.5) is 0 Å². The first-order valence-electron chi connectivity index (χ1n) is 7.20. The second-order valence-electron chi connectivity index (χ2n) is 6.00. The quantitative estimate of drug-likeness (QED) is 0.804. The Kier molecular flexibility index (Phi) is 3.72. The number of methoxy groups -OCH3 is 1. The predicted molar refractivity (Wildman–Crippen MR) is 85.7 cm³/mol. The SMILES string of the molecule is COc1ccc(S(=O)(=O)Oc2cccc3c2OC(C)(C)C3)cc1. The summed E-state index contributed by atoms with van der Waals surface area (Å²) < 4.78 is 41.1. The van der Waals surface area contributed by atoms with Gasteiger partial charge in [-0.3, -0.25) is 0 Å². The van der Waals surface area contributed by atoms with Gasteiger partial charge in [-0.2, -0.15) is 8.42 Å². The van der Waals surface area contributed by atoms with Crippen LogP contribution >= 0.6 is 0 Å². The molecule has 3 rings (SSSR count). The van der Waals surface area contributed by atoms with Crippen molar-refractivity contribution >= 4 is 10.1 Å². The molecule has 6 heteroatoms. The van der Waals surface area contributed by atoms with E-state index in [2.05, 4.69) is 0 Å². The first-order chi connectivity index (χ1) is 10.8. The third-order valence-electron chi connectivity index (χ3n) is 3.60. The number of rotatable bonds is 4. The summed E-state index contributed by atoms with van der Waals surface area (Å²) in [7, 11) is -2.41. The molecule has 1 aliphatic rings. The minimum Gasteiger partial charge on any atom is -0.497 e. The van der Waals surface area contributed by atoms with Crippen LogP contribution in [0.3, 0.4) is 0 Å². The molecule has 1 aliphatic heterocycles. The number of para-hydroxylation sites is 1. The van der Waals surface area contributed by atoms with Gasteiger partial charge in [-0.1, -0.05) is 12.1 Å². The van der Waals surface area contributed by atoms with Gasteiger partial charge in [-0.25, -0.2) is 0 Å². The van der Waals surface area contributed by atoms with Gasteiger partial charge in [-0.15, -0.1) is 0 Å². The van der Waals surface area contributed by atoms with Gasteiger partial charge < -0.3 is 13.7 Å². The molecule has 0 bridgehead atoms. The van der Waals surface area contributed by atoms with E-state index in [0.29, 0.717) is 17.9 Å². The van der Waals surface area contributed by atoms with E-state index < -0.39 is 10.1 Å². The summed E-state index contributed by atoms with van der Waals surface area (Å²) in [5.41, 5.74) is 0.573. The van der Waals surface area contributed by atoms with Crippen molar-refractivity contribution in [2.75, 3.05) is 7.11 Å². The minimum absolute atomic E-state index is 0.0631. The number of hydrogen-bond donors (Lipinski definition) is 0. The zero-order chi connectivity index (χ0) is 16.7. The molecule has 5 nitrogen and oxygen atoms in total. The second-order valence-corrected chi connectivity index (χ2v) is 7.54. The lowest BCUT2D eigenvalue weighted by molar-refractivity contribution is 0.136. The van der Waals surface area contributed by atoms with Gasteiger partial charge in [0.1, 0.15) is 16.2 Å². The van der Waals surface area contributed by atoms with E-state index >= 15 is 0 Å². The van der Waals surface area contributed by atoms with Crippen molar-refractivity contribution in [2.24, 2.45) is 0 Å². The number of hydrogen-bond acceptors (Lipinski definition) is 5. The Labute approximate surface area is 135 Å². The Morgan fingerprint density at radius 3 is 2.43 bits per heavy atom. The van der Waals surface area contributed by atoms with Crippen LogP contribution in [0.5, 0.6) is 17.2 Å². The van der Waals surface area contributed by atoms with Crippen molar-refractivity contribution in [3.63, 3.8) is 0 Å². The molecule has 0 unspecified atom stereocenters. The average Bonchev–Trinajstić information content (AvgIpc) is 2.82. The lowest BCUT2D eigenvalue weighted by Crippen LogP contribution is -2.24. The van der Waals surface area contributed by atoms with Gasteiger partial charge in [0, 0.05) is 12.0 Å². The molecule has 122 valence electrons. The molecule has 0 spiro atoms. The van der Waals surface area contributed by atoms with Crippen LogP contribution in [-0.4, -0.2) is 21.1 Å². The van der Waals surface area contributed by atoms with E-state index in [1.807, 2.05) is 19.9 Å². The Bertz CT molecular complexity index is 823. The Hall–Kier alpha value is -2.21. The molecule has 0 aliphatic carbocycles. The second kappa shape index (κ2) is 5.45. The summed E-state index contributed by atoms with van der Waals surface area (Å²) in [5, 5.41) is 0. The van der Waals surface area contributed by atoms with Crippen LogP contribution in [0.15, 0.2) is 47.4 Å². The zero-order valence-corrected chi connectivity index (χ0v) is 14.0.